The number of nitrogens with one attached hydrogen (secondary N) is 2. The summed E-state index contributed by atoms with van der Waals surface area (Å²) in [7, 11) is 0. The van der Waals surface area contributed by atoms with Gasteiger partial charge in [0.05, 0.1) is 12.6 Å². The molecule has 0 aromatic heterocycles. The van der Waals surface area contributed by atoms with Gasteiger partial charge in [-0.15, -0.1) is 0 Å². The summed E-state index contributed by atoms with van der Waals surface area (Å²) in [5.74, 6) is -0.153. The highest BCUT2D eigenvalue weighted by Gasteiger charge is 2.49. The fraction of sp³-hybridized carbons (Fsp3) is 0.789. The average molecular weight is 364 g/mol. The first-order valence-electron chi connectivity index (χ1n) is 9.58. The van der Waals surface area contributed by atoms with E-state index in [0.29, 0.717) is 24.7 Å². The second-order valence-corrected chi connectivity index (χ2v) is 8.48. The van der Waals surface area contributed by atoms with E-state index in [1.165, 1.54) is 0 Å². The molecule has 7 heteroatoms. The summed E-state index contributed by atoms with van der Waals surface area (Å²) in [5, 5.41) is 5.98. The zero-order chi connectivity index (χ0) is 19.5. The standard InChI is InChI=1S/C19H32N4O3/c1-11(2)7-14(20)17-22-10-19(23-17,9-13-5-6-21-18(13)26)16(25)15(24)8-12(3)4/h11-14H,5-10,20H2,1-4H3,(H,21,26)(H,22,23)/t13-,14-,19-/m0/s1. The van der Waals surface area contributed by atoms with Crippen molar-refractivity contribution in [3.05, 3.63) is 0 Å². The van der Waals surface area contributed by atoms with Gasteiger partial charge in [0.2, 0.25) is 17.5 Å². The number of Topliss-reactive ketones (excluding diaryl/α,β-unsaturated/α-hetero) is 2. The zero-order valence-electron chi connectivity index (χ0n) is 16.3. The number of nitrogens with two attached hydrogens (primary N) is 1. The number of ketones is 2. The van der Waals surface area contributed by atoms with Crippen molar-refractivity contribution >= 4 is 23.3 Å². The smallest absolute Gasteiger partial charge is 0.225 e. The number of amides is 1. The number of amidine groups is 1. The molecule has 0 aromatic carbocycles. The van der Waals surface area contributed by atoms with Crippen LogP contribution in [0.3, 0.4) is 0 Å². The van der Waals surface area contributed by atoms with Crippen molar-refractivity contribution in [2.75, 3.05) is 13.1 Å². The molecule has 2 aliphatic heterocycles. The van der Waals surface area contributed by atoms with Gasteiger partial charge in [0.15, 0.2) is 0 Å². The molecule has 1 fully saturated rings. The largest absolute Gasteiger partial charge is 0.358 e. The summed E-state index contributed by atoms with van der Waals surface area (Å²) in [6.45, 7) is 8.73. The highest BCUT2D eigenvalue weighted by Crippen LogP contribution is 2.28. The normalized spacial score (nSPS) is 26.7. The Morgan fingerprint density at radius 3 is 2.50 bits per heavy atom. The third-order valence-corrected chi connectivity index (χ3v) is 5.00. The Morgan fingerprint density at radius 1 is 1.27 bits per heavy atom. The third kappa shape index (κ3) is 4.69. The van der Waals surface area contributed by atoms with E-state index < -0.39 is 17.1 Å². The summed E-state index contributed by atoms with van der Waals surface area (Å²) in [4.78, 5) is 42.0. The van der Waals surface area contributed by atoms with Gasteiger partial charge in [0, 0.05) is 18.9 Å². The maximum absolute atomic E-state index is 13.0. The summed E-state index contributed by atoms with van der Waals surface area (Å²) >= 11 is 0. The molecule has 2 aliphatic rings. The van der Waals surface area contributed by atoms with Gasteiger partial charge in [-0.05, 0) is 31.1 Å². The summed E-state index contributed by atoms with van der Waals surface area (Å²) < 4.78 is 0. The number of carbonyl (C=O) groups excluding carboxylic acids is 3. The number of rotatable bonds is 9. The fourth-order valence-corrected chi connectivity index (χ4v) is 3.70. The SMILES string of the molecule is CC(C)CC(=O)C(=O)[C@]1(C[C@@H]2CCNC2=O)CN=C([C@@H](N)CC(C)C)N1. The van der Waals surface area contributed by atoms with Crippen LogP contribution in [0.2, 0.25) is 0 Å². The molecule has 4 N–H and O–H groups in total. The Bertz CT molecular complexity index is 600. The Morgan fingerprint density at radius 2 is 1.96 bits per heavy atom. The van der Waals surface area contributed by atoms with Crippen molar-refractivity contribution < 1.29 is 14.4 Å². The second-order valence-electron chi connectivity index (χ2n) is 8.48. The maximum atomic E-state index is 13.0. The van der Waals surface area contributed by atoms with Crippen molar-refractivity contribution in [1.82, 2.24) is 10.6 Å². The topological polar surface area (TPSA) is 114 Å². The van der Waals surface area contributed by atoms with Gasteiger partial charge in [-0.3, -0.25) is 19.4 Å². The van der Waals surface area contributed by atoms with E-state index in [1.807, 2.05) is 13.8 Å². The Hall–Kier alpha value is -1.76. The van der Waals surface area contributed by atoms with Crippen LogP contribution < -0.4 is 16.4 Å². The molecule has 1 saturated heterocycles. The van der Waals surface area contributed by atoms with Crippen LogP contribution in [0.25, 0.3) is 0 Å². The van der Waals surface area contributed by atoms with Crippen LogP contribution in [-0.4, -0.2) is 48.0 Å². The molecule has 0 radical (unpaired) electrons. The quantitative estimate of drug-likeness (QED) is 0.524. The summed E-state index contributed by atoms with van der Waals surface area (Å²) in [5.41, 5.74) is 5.09. The van der Waals surface area contributed by atoms with E-state index in [4.69, 9.17) is 5.73 Å². The van der Waals surface area contributed by atoms with E-state index in [-0.39, 0.29) is 43.2 Å². The molecule has 0 aliphatic carbocycles. The number of hydrogen-bond donors (Lipinski definition) is 3. The number of hydrogen-bond acceptors (Lipinski definition) is 6. The molecule has 2 heterocycles. The fourth-order valence-electron chi connectivity index (χ4n) is 3.70. The Labute approximate surface area is 155 Å². The highest BCUT2D eigenvalue weighted by molar-refractivity contribution is 6.41. The number of carbonyl (C=O) groups is 3. The molecule has 0 spiro atoms. The molecule has 0 saturated carbocycles. The molecular formula is C19H32N4O3. The minimum Gasteiger partial charge on any atom is -0.358 e. The van der Waals surface area contributed by atoms with Crippen LogP contribution in [0.1, 0.15) is 53.4 Å². The first kappa shape index (κ1) is 20.6. The van der Waals surface area contributed by atoms with E-state index in [1.54, 1.807) is 0 Å². The van der Waals surface area contributed by atoms with E-state index in [9.17, 15) is 14.4 Å². The first-order valence-corrected chi connectivity index (χ1v) is 9.58. The van der Waals surface area contributed by atoms with Crippen LogP contribution in [0, 0.1) is 17.8 Å². The Kier molecular flexibility index (Phi) is 6.55. The molecule has 0 bridgehead atoms. The third-order valence-electron chi connectivity index (χ3n) is 5.00. The predicted molar refractivity (Wildman–Crippen MR) is 101 cm³/mol. The van der Waals surface area contributed by atoms with Gasteiger partial charge < -0.3 is 16.4 Å². The van der Waals surface area contributed by atoms with Crippen molar-refractivity contribution in [1.29, 1.82) is 0 Å². The lowest BCUT2D eigenvalue weighted by atomic mass is 9.80. The number of nitrogens with zero attached hydrogens (tertiary/aromatic N) is 1. The van der Waals surface area contributed by atoms with Crippen LogP contribution in [0.15, 0.2) is 4.99 Å². The lowest BCUT2D eigenvalue weighted by Crippen LogP contribution is -2.59. The Balaban J connectivity index is 2.19. The highest BCUT2D eigenvalue weighted by atomic mass is 16.2. The van der Waals surface area contributed by atoms with E-state index >= 15 is 0 Å². The molecule has 3 atom stereocenters. The van der Waals surface area contributed by atoms with E-state index in [2.05, 4.69) is 29.5 Å². The van der Waals surface area contributed by atoms with Crippen LogP contribution in [0.5, 0.6) is 0 Å². The molecule has 26 heavy (non-hydrogen) atoms. The van der Waals surface area contributed by atoms with Gasteiger partial charge >= 0.3 is 0 Å². The van der Waals surface area contributed by atoms with Crippen molar-refractivity contribution in [2.45, 2.75) is 65.0 Å². The van der Waals surface area contributed by atoms with Gasteiger partial charge in [-0.2, -0.15) is 0 Å². The van der Waals surface area contributed by atoms with Crippen LogP contribution in [-0.2, 0) is 14.4 Å². The molecular weight excluding hydrogens is 332 g/mol. The van der Waals surface area contributed by atoms with Crippen molar-refractivity contribution in [3.63, 3.8) is 0 Å². The molecule has 0 unspecified atom stereocenters. The summed E-state index contributed by atoms with van der Waals surface area (Å²) in [6, 6.07) is -0.303. The van der Waals surface area contributed by atoms with Crippen molar-refractivity contribution in [3.8, 4) is 0 Å². The predicted octanol–water partition coefficient (Wildman–Crippen LogP) is 0.811. The van der Waals surface area contributed by atoms with Gasteiger partial charge in [0.1, 0.15) is 11.4 Å². The maximum Gasteiger partial charge on any atom is 0.225 e. The average Bonchev–Trinajstić information content (AvgIpc) is 3.13. The van der Waals surface area contributed by atoms with Gasteiger partial charge in [-0.25, -0.2) is 0 Å². The van der Waals surface area contributed by atoms with Crippen LogP contribution in [0.4, 0.5) is 0 Å². The van der Waals surface area contributed by atoms with E-state index in [0.717, 1.165) is 6.42 Å². The van der Waals surface area contributed by atoms with Crippen molar-refractivity contribution in [2.24, 2.45) is 28.5 Å². The van der Waals surface area contributed by atoms with Gasteiger partial charge in [0.25, 0.3) is 0 Å². The minimum absolute atomic E-state index is 0.0600. The number of aliphatic imine (C=N–C) groups is 1. The second kappa shape index (κ2) is 8.29. The first-order chi connectivity index (χ1) is 12.1. The summed E-state index contributed by atoms with van der Waals surface area (Å²) in [6.07, 6.45) is 1.89. The van der Waals surface area contributed by atoms with Gasteiger partial charge in [-0.1, -0.05) is 27.7 Å². The lowest BCUT2D eigenvalue weighted by molar-refractivity contribution is -0.141. The van der Waals surface area contributed by atoms with Crippen LogP contribution >= 0.6 is 0 Å². The monoisotopic (exact) mass is 364 g/mol. The molecule has 2 rings (SSSR count). The zero-order valence-corrected chi connectivity index (χ0v) is 16.3. The minimum atomic E-state index is -1.14. The molecule has 0 aromatic rings. The molecule has 1 amide bonds. The molecule has 7 nitrogen and oxygen atoms in total. The lowest BCUT2D eigenvalue weighted by Gasteiger charge is -2.30. The molecule has 146 valence electrons.